The fraction of sp³-hybridized carbons (Fsp3) is 0.462. The molecule has 0 aliphatic carbocycles. The molecule has 1 aromatic heterocycles. The van der Waals surface area contributed by atoms with Crippen LogP contribution in [0.3, 0.4) is 0 Å². The molecule has 2 N–H and O–H groups in total. The molecular formula is C13H16F3N3O. The van der Waals surface area contributed by atoms with Gasteiger partial charge in [0.05, 0.1) is 13.1 Å². The van der Waals surface area contributed by atoms with E-state index in [1.165, 1.54) is 4.90 Å². The molecule has 0 aliphatic heterocycles. The third-order valence-electron chi connectivity index (χ3n) is 2.91. The highest BCUT2D eigenvalue weighted by Gasteiger charge is 2.32. The third-order valence-corrected chi connectivity index (χ3v) is 2.91. The Bertz CT molecular complexity index is 592. The zero-order valence-corrected chi connectivity index (χ0v) is 11.2. The van der Waals surface area contributed by atoms with E-state index in [1.54, 1.807) is 32.0 Å². The second kappa shape index (κ2) is 5.32. The van der Waals surface area contributed by atoms with Gasteiger partial charge in [0.1, 0.15) is 5.52 Å². The predicted molar refractivity (Wildman–Crippen MR) is 70.0 cm³/mol. The molecular weight excluding hydrogens is 271 g/mol. The number of halogens is 3. The molecule has 110 valence electrons. The molecule has 0 atom stereocenters. The number of anilines is 1. The van der Waals surface area contributed by atoms with Gasteiger partial charge in [-0.3, -0.25) is 4.90 Å². The number of benzene rings is 1. The van der Waals surface area contributed by atoms with Crippen LogP contribution in [-0.2, 0) is 6.54 Å². The molecule has 20 heavy (non-hydrogen) atoms. The highest BCUT2D eigenvalue weighted by atomic mass is 19.4. The van der Waals surface area contributed by atoms with E-state index in [9.17, 15) is 13.2 Å². The van der Waals surface area contributed by atoms with Crippen LogP contribution in [0.15, 0.2) is 22.6 Å². The van der Waals surface area contributed by atoms with Gasteiger partial charge in [-0.1, -0.05) is 0 Å². The molecule has 0 spiro atoms. The summed E-state index contributed by atoms with van der Waals surface area (Å²) in [5.74, 6) is 0.253. The smallest absolute Gasteiger partial charge is 0.401 e. The first-order valence-electron chi connectivity index (χ1n) is 6.20. The lowest BCUT2D eigenvalue weighted by Gasteiger charge is -2.25. The lowest BCUT2D eigenvalue weighted by molar-refractivity contribution is -0.151. The van der Waals surface area contributed by atoms with E-state index in [2.05, 4.69) is 4.98 Å². The van der Waals surface area contributed by atoms with E-state index in [0.717, 1.165) is 0 Å². The minimum absolute atomic E-state index is 0.00572. The van der Waals surface area contributed by atoms with E-state index < -0.39 is 12.7 Å². The molecule has 0 saturated carbocycles. The first kappa shape index (κ1) is 14.6. The van der Waals surface area contributed by atoms with Crippen LogP contribution in [0.1, 0.15) is 19.7 Å². The third kappa shape index (κ3) is 3.63. The highest BCUT2D eigenvalue weighted by Crippen LogP contribution is 2.22. The molecule has 0 radical (unpaired) electrons. The van der Waals surface area contributed by atoms with Crippen LogP contribution in [-0.4, -0.2) is 28.6 Å². The number of fused-ring (bicyclic) bond motifs is 1. The van der Waals surface area contributed by atoms with Crippen LogP contribution in [0.4, 0.5) is 18.9 Å². The Morgan fingerprint density at radius 1 is 1.35 bits per heavy atom. The average molecular weight is 287 g/mol. The van der Waals surface area contributed by atoms with Gasteiger partial charge in [-0.15, -0.1) is 0 Å². The van der Waals surface area contributed by atoms with Gasteiger partial charge in [-0.25, -0.2) is 4.98 Å². The van der Waals surface area contributed by atoms with Crippen molar-refractivity contribution in [1.29, 1.82) is 0 Å². The minimum Gasteiger partial charge on any atom is -0.439 e. The summed E-state index contributed by atoms with van der Waals surface area (Å²) in [6, 6.07) is 4.69. The van der Waals surface area contributed by atoms with Crippen LogP contribution in [0.2, 0.25) is 0 Å². The zero-order valence-electron chi connectivity index (χ0n) is 11.2. The van der Waals surface area contributed by atoms with E-state index in [0.29, 0.717) is 16.8 Å². The lowest BCUT2D eigenvalue weighted by Crippen LogP contribution is -2.38. The number of nitrogens with zero attached hydrogens (tertiary/aromatic N) is 2. The largest absolute Gasteiger partial charge is 0.439 e. The molecule has 2 rings (SSSR count). The van der Waals surface area contributed by atoms with Crippen molar-refractivity contribution in [3.8, 4) is 0 Å². The SMILES string of the molecule is CC(C)N(Cc1nc2ccc(N)cc2o1)CC(F)(F)F. The molecule has 4 nitrogen and oxygen atoms in total. The Hall–Kier alpha value is -1.76. The molecule has 7 heteroatoms. The fourth-order valence-electron chi connectivity index (χ4n) is 1.88. The van der Waals surface area contributed by atoms with Crippen molar-refractivity contribution in [1.82, 2.24) is 9.88 Å². The summed E-state index contributed by atoms with van der Waals surface area (Å²) in [7, 11) is 0. The maximum atomic E-state index is 12.5. The highest BCUT2D eigenvalue weighted by molar-refractivity contribution is 5.76. The van der Waals surface area contributed by atoms with Gasteiger partial charge in [0, 0.05) is 17.8 Å². The van der Waals surface area contributed by atoms with E-state index in [1.807, 2.05) is 0 Å². The molecule has 1 heterocycles. The molecule has 0 bridgehead atoms. The number of nitrogens with two attached hydrogens (primary N) is 1. The van der Waals surface area contributed by atoms with Crippen molar-refractivity contribution < 1.29 is 17.6 Å². The van der Waals surface area contributed by atoms with Crippen LogP contribution >= 0.6 is 0 Å². The van der Waals surface area contributed by atoms with Crippen molar-refractivity contribution >= 4 is 16.8 Å². The van der Waals surface area contributed by atoms with Gasteiger partial charge in [0.15, 0.2) is 5.58 Å². The van der Waals surface area contributed by atoms with Crippen molar-refractivity contribution in [2.75, 3.05) is 12.3 Å². The lowest BCUT2D eigenvalue weighted by atomic mass is 10.3. The Balaban J connectivity index is 2.20. The topological polar surface area (TPSA) is 55.3 Å². The van der Waals surface area contributed by atoms with Gasteiger partial charge in [0.2, 0.25) is 5.89 Å². The van der Waals surface area contributed by atoms with Crippen LogP contribution in [0.25, 0.3) is 11.1 Å². The second-order valence-electron chi connectivity index (χ2n) is 4.95. The average Bonchev–Trinajstić information content (AvgIpc) is 2.67. The summed E-state index contributed by atoms with van der Waals surface area (Å²) in [5.41, 5.74) is 7.21. The number of aromatic nitrogens is 1. The van der Waals surface area contributed by atoms with Gasteiger partial charge < -0.3 is 10.2 Å². The zero-order chi connectivity index (χ0) is 14.9. The first-order valence-corrected chi connectivity index (χ1v) is 6.20. The second-order valence-corrected chi connectivity index (χ2v) is 4.95. The Morgan fingerprint density at radius 2 is 2.05 bits per heavy atom. The summed E-state index contributed by atoms with van der Waals surface area (Å²) in [6.45, 7) is 2.41. The summed E-state index contributed by atoms with van der Waals surface area (Å²) in [6.07, 6.45) is -4.25. The van der Waals surface area contributed by atoms with Crippen molar-refractivity contribution in [2.45, 2.75) is 32.6 Å². The summed E-state index contributed by atoms with van der Waals surface area (Å²) in [4.78, 5) is 5.43. The molecule has 1 aromatic carbocycles. The molecule has 2 aromatic rings. The monoisotopic (exact) mass is 287 g/mol. The molecule has 0 unspecified atom stereocenters. The van der Waals surface area contributed by atoms with E-state index in [-0.39, 0.29) is 18.5 Å². The van der Waals surface area contributed by atoms with Crippen LogP contribution in [0.5, 0.6) is 0 Å². The normalized spacial score (nSPS) is 12.8. The standard InChI is InChI=1S/C13H16F3N3O/c1-8(2)19(7-13(14,15)16)6-12-18-10-4-3-9(17)5-11(10)20-12/h3-5,8H,6-7,17H2,1-2H3. The summed E-state index contributed by atoms with van der Waals surface area (Å²) < 4.78 is 43.0. The minimum atomic E-state index is -4.25. The van der Waals surface area contributed by atoms with Crippen molar-refractivity contribution in [3.05, 3.63) is 24.1 Å². The number of hydrogen-bond acceptors (Lipinski definition) is 4. The Labute approximate surface area is 114 Å². The van der Waals surface area contributed by atoms with Crippen LogP contribution < -0.4 is 5.73 Å². The van der Waals surface area contributed by atoms with Crippen LogP contribution in [0, 0.1) is 0 Å². The number of hydrogen-bond donors (Lipinski definition) is 1. The number of alkyl halides is 3. The van der Waals surface area contributed by atoms with Gasteiger partial charge in [0.25, 0.3) is 0 Å². The molecule has 0 amide bonds. The maximum absolute atomic E-state index is 12.5. The number of rotatable bonds is 4. The van der Waals surface area contributed by atoms with E-state index in [4.69, 9.17) is 10.2 Å². The molecule has 0 saturated heterocycles. The number of oxazole rings is 1. The van der Waals surface area contributed by atoms with E-state index >= 15 is 0 Å². The molecule has 0 fully saturated rings. The fourth-order valence-corrected chi connectivity index (χ4v) is 1.88. The van der Waals surface area contributed by atoms with Gasteiger partial charge >= 0.3 is 6.18 Å². The molecule has 0 aliphatic rings. The maximum Gasteiger partial charge on any atom is 0.401 e. The quantitative estimate of drug-likeness (QED) is 0.877. The predicted octanol–water partition coefficient (Wildman–Crippen LogP) is 3.18. The van der Waals surface area contributed by atoms with Gasteiger partial charge in [-0.2, -0.15) is 13.2 Å². The summed E-state index contributed by atoms with van der Waals surface area (Å²) >= 11 is 0. The Kier molecular flexibility index (Phi) is 3.89. The van der Waals surface area contributed by atoms with Crippen molar-refractivity contribution in [3.63, 3.8) is 0 Å². The first-order chi connectivity index (χ1) is 9.24. The van der Waals surface area contributed by atoms with Gasteiger partial charge in [-0.05, 0) is 26.0 Å². The Morgan fingerprint density at radius 3 is 2.65 bits per heavy atom. The van der Waals surface area contributed by atoms with Crippen molar-refractivity contribution in [2.24, 2.45) is 0 Å². The number of nitrogen functional groups attached to an aromatic ring is 1. The summed E-state index contributed by atoms with van der Waals surface area (Å²) in [5, 5.41) is 0.